The molecule has 2 heterocycles. The third-order valence-corrected chi connectivity index (χ3v) is 1.89. The predicted octanol–water partition coefficient (Wildman–Crippen LogP) is 2.20. The fraction of sp³-hybridized carbons (Fsp3) is 0.125. The molecule has 0 aliphatic carbocycles. The van der Waals surface area contributed by atoms with Gasteiger partial charge in [-0.1, -0.05) is 6.20 Å². The Kier molecular flexibility index (Phi) is 3.08. The average molecular weight is 306 g/mol. The van der Waals surface area contributed by atoms with Crippen molar-refractivity contribution >= 4 is 21.6 Å². The molecule has 0 radical (unpaired) electrons. The van der Waals surface area contributed by atoms with Gasteiger partial charge in [0.2, 0.25) is 0 Å². The molecule has 62 valence electrons. The number of nitrogens with zero attached hydrogens (tertiary/aromatic N) is 2. The second-order valence-electron chi connectivity index (χ2n) is 2.42. The van der Waals surface area contributed by atoms with Crippen LogP contribution >= 0.6 is 15.9 Å². The smallest absolute Gasteiger partial charge is 0.0543 e. The number of hydrogen-bond acceptors (Lipinski definition) is 1. The number of pyridine rings is 1. The fourth-order valence-corrected chi connectivity index (χ4v) is 1.36. The quantitative estimate of drug-likeness (QED) is 0.539. The van der Waals surface area contributed by atoms with Gasteiger partial charge in [0, 0.05) is 32.9 Å². The van der Waals surface area contributed by atoms with E-state index in [1.54, 1.807) is 0 Å². The van der Waals surface area contributed by atoms with Gasteiger partial charge in [-0.05, 0) is 6.92 Å². The maximum Gasteiger partial charge on any atom is 0.0543 e. The minimum atomic E-state index is 0. The molecule has 4 heteroatoms. The van der Waals surface area contributed by atoms with Gasteiger partial charge in [0.15, 0.2) is 0 Å². The summed E-state index contributed by atoms with van der Waals surface area (Å²) < 4.78 is 2.96. The predicted molar refractivity (Wildman–Crippen MR) is 46.5 cm³/mol. The summed E-state index contributed by atoms with van der Waals surface area (Å²) in [6, 6.07) is 4.91. The van der Waals surface area contributed by atoms with E-state index in [2.05, 4.69) is 27.0 Å². The minimum Gasteiger partial charge on any atom is -0.339 e. The van der Waals surface area contributed by atoms with Gasteiger partial charge >= 0.3 is 0 Å². The summed E-state index contributed by atoms with van der Waals surface area (Å²) in [5.41, 5.74) is 1.88. The molecule has 0 aliphatic heterocycles. The molecule has 0 aliphatic rings. The van der Waals surface area contributed by atoms with Crippen LogP contribution in [0.3, 0.4) is 0 Å². The first-order chi connectivity index (χ1) is 5.25. The van der Waals surface area contributed by atoms with Crippen molar-refractivity contribution in [3.63, 3.8) is 0 Å². The van der Waals surface area contributed by atoms with Crippen LogP contribution in [-0.2, 0) is 21.1 Å². The van der Waals surface area contributed by atoms with Gasteiger partial charge in [-0.25, -0.2) is 12.1 Å². The molecular weight excluding hydrogens is 300 g/mol. The molecule has 0 saturated heterocycles. The number of halogens is 1. The van der Waals surface area contributed by atoms with Crippen LogP contribution in [0.5, 0.6) is 0 Å². The molecule has 0 N–H and O–H groups in total. The SMILES string of the molecule is Cc1cn2cc(Br)c[c-]c2n1.[Mo]. The van der Waals surface area contributed by atoms with Crippen molar-refractivity contribution < 1.29 is 21.1 Å². The van der Waals surface area contributed by atoms with Gasteiger partial charge in [-0.3, -0.25) is 4.98 Å². The van der Waals surface area contributed by atoms with Crippen LogP contribution in [0.25, 0.3) is 5.65 Å². The van der Waals surface area contributed by atoms with Gasteiger partial charge in [-0.15, -0.1) is 4.47 Å². The molecular formula is C8H6BrMoN2-. The van der Waals surface area contributed by atoms with E-state index in [4.69, 9.17) is 0 Å². The van der Waals surface area contributed by atoms with Crippen molar-refractivity contribution in [2.45, 2.75) is 6.92 Å². The molecule has 0 fully saturated rings. The van der Waals surface area contributed by atoms with Gasteiger partial charge in [0.05, 0.1) is 5.69 Å². The molecule has 0 aromatic carbocycles. The maximum absolute atomic E-state index is 4.24. The Morgan fingerprint density at radius 2 is 2.25 bits per heavy atom. The number of aromatic nitrogens is 2. The minimum absolute atomic E-state index is 0. The summed E-state index contributed by atoms with van der Waals surface area (Å²) in [6.07, 6.45) is 3.93. The third kappa shape index (κ3) is 1.78. The Labute approximate surface area is 93.4 Å². The summed E-state index contributed by atoms with van der Waals surface area (Å²) in [5, 5.41) is 0. The number of rotatable bonds is 0. The largest absolute Gasteiger partial charge is 0.339 e. The van der Waals surface area contributed by atoms with Crippen molar-refractivity contribution in [2.24, 2.45) is 0 Å². The van der Waals surface area contributed by atoms with Crippen LogP contribution in [0.2, 0.25) is 0 Å². The molecule has 0 atom stereocenters. The summed E-state index contributed by atoms with van der Waals surface area (Å²) in [5.74, 6) is 0. The maximum atomic E-state index is 4.24. The van der Waals surface area contributed by atoms with E-state index in [1.165, 1.54) is 0 Å². The van der Waals surface area contributed by atoms with E-state index in [0.29, 0.717) is 0 Å². The standard InChI is InChI=1S/C8H6BrN2.Mo/c1-6-4-11-5-7(9)2-3-8(11)10-6;/h2,4-5H,1H3;/q-1;. The molecule has 2 nitrogen and oxygen atoms in total. The second kappa shape index (κ2) is 3.71. The zero-order valence-corrected chi connectivity index (χ0v) is 10.0. The normalized spacial score (nSPS) is 9.83. The van der Waals surface area contributed by atoms with Gasteiger partial charge in [0.1, 0.15) is 0 Å². The van der Waals surface area contributed by atoms with E-state index in [9.17, 15) is 0 Å². The van der Waals surface area contributed by atoms with Crippen LogP contribution in [0.15, 0.2) is 22.9 Å². The molecule has 0 spiro atoms. The summed E-state index contributed by atoms with van der Waals surface area (Å²) >= 11 is 3.36. The number of fused-ring (bicyclic) bond motifs is 1. The fourth-order valence-electron chi connectivity index (χ4n) is 1.02. The molecule has 2 rings (SSSR count). The Balaban J connectivity index is 0.000000720. The Morgan fingerprint density at radius 1 is 1.50 bits per heavy atom. The van der Waals surface area contributed by atoms with E-state index >= 15 is 0 Å². The summed E-state index contributed by atoms with van der Waals surface area (Å²) in [7, 11) is 0. The van der Waals surface area contributed by atoms with E-state index < -0.39 is 0 Å². The second-order valence-corrected chi connectivity index (χ2v) is 3.33. The molecule has 0 bridgehead atoms. The van der Waals surface area contributed by atoms with Crippen LogP contribution < -0.4 is 0 Å². The first kappa shape index (κ1) is 9.94. The molecule has 2 aromatic heterocycles. The zero-order chi connectivity index (χ0) is 7.84. The van der Waals surface area contributed by atoms with Crippen molar-refractivity contribution in [1.82, 2.24) is 9.38 Å². The van der Waals surface area contributed by atoms with Crippen molar-refractivity contribution in [3.8, 4) is 0 Å². The van der Waals surface area contributed by atoms with Gasteiger partial charge in [-0.2, -0.15) is 15.9 Å². The first-order valence-electron chi connectivity index (χ1n) is 3.28. The molecule has 2 aromatic rings. The zero-order valence-electron chi connectivity index (χ0n) is 6.41. The van der Waals surface area contributed by atoms with Gasteiger partial charge < -0.3 is 4.40 Å². The van der Waals surface area contributed by atoms with Crippen molar-refractivity contribution in [1.29, 1.82) is 0 Å². The number of imidazole rings is 1. The molecule has 0 amide bonds. The van der Waals surface area contributed by atoms with Gasteiger partial charge in [0.25, 0.3) is 0 Å². The Morgan fingerprint density at radius 3 is 3.00 bits per heavy atom. The Hall–Kier alpha value is -0.142. The number of hydrogen-bond donors (Lipinski definition) is 0. The van der Waals surface area contributed by atoms with Crippen LogP contribution in [0.4, 0.5) is 0 Å². The molecule has 12 heavy (non-hydrogen) atoms. The van der Waals surface area contributed by atoms with E-state index in [1.807, 2.05) is 29.8 Å². The first-order valence-corrected chi connectivity index (χ1v) is 4.07. The van der Waals surface area contributed by atoms with Crippen LogP contribution in [-0.4, -0.2) is 9.38 Å². The summed E-state index contributed by atoms with van der Waals surface area (Å²) in [6.45, 7) is 1.97. The Bertz CT molecular complexity index is 397. The summed E-state index contributed by atoms with van der Waals surface area (Å²) in [4.78, 5) is 4.24. The topological polar surface area (TPSA) is 17.3 Å². The van der Waals surface area contributed by atoms with Crippen molar-refractivity contribution in [2.75, 3.05) is 0 Å². The van der Waals surface area contributed by atoms with E-state index in [0.717, 1.165) is 15.8 Å². The number of aryl methyl sites for hydroxylation is 1. The third-order valence-electron chi connectivity index (χ3n) is 1.45. The van der Waals surface area contributed by atoms with Crippen LogP contribution in [0.1, 0.15) is 5.69 Å². The average Bonchev–Trinajstić information content (AvgIpc) is 2.27. The molecule has 0 saturated carbocycles. The van der Waals surface area contributed by atoms with E-state index in [-0.39, 0.29) is 21.1 Å². The monoisotopic (exact) mass is 307 g/mol. The van der Waals surface area contributed by atoms with Crippen LogP contribution in [0, 0.1) is 13.0 Å². The van der Waals surface area contributed by atoms with Crippen molar-refractivity contribution in [3.05, 3.63) is 34.7 Å². The molecule has 0 unspecified atom stereocenters.